The van der Waals surface area contributed by atoms with Crippen LogP contribution in [-0.2, 0) is 0 Å². The van der Waals surface area contributed by atoms with Crippen LogP contribution in [0, 0.1) is 5.41 Å². The predicted molar refractivity (Wildman–Crippen MR) is 116 cm³/mol. The zero-order chi connectivity index (χ0) is 20.3. The van der Waals surface area contributed by atoms with Crippen molar-refractivity contribution in [1.82, 2.24) is 0 Å². The van der Waals surface area contributed by atoms with Crippen molar-refractivity contribution < 1.29 is 14.3 Å². The first-order valence-electron chi connectivity index (χ1n) is 9.53. The van der Waals surface area contributed by atoms with Crippen LogP contribution in [0.3, 0.4) is 0 Å². The maximum Gasteiger partial charge on any atom is 0.255 e. The third-order valence-corrected chi connectivity index (χ3v) is 5.63. The minimum atomic E-state index is -0.180. The lowest BCUT2D eigenvalue weighted by Crippen LogP contribution is -2.26. The van der Waals surface area contributed by atoms with Gasteiger partial charge < -0.3 is 14.8 Å². The first kappa shape index (κ1) is 19.4. The van der Waals surface area contributed by atoms with Gasteiger partial charge in [0.15, 0.2) is 11.5 Å². The van der Waals surface area contributed by atoms with Gasteiger partial charge in [-0.3, -0.25) is 4.79 Å². The second-order valence-electron chi connectivity index (χ2n) is 7.77. The third kappa shape index (κ3) is 4.74. The first-order valence-corrected chi connectivity index (χ1v) is 10.3. The van der Waals surface area contributed by atoms with E-state index in [9.17, 15) is 4.79 Å². The number of hydrogen-bond donors (Lipinski definition) is 1. The summed E-state index contributed by atoms with van der Waals surface area (Å²) in [6.07, 6.45) is 0. The van der Waals surface area contributed by atoms with Gasteiger partial charge in [-0.05, 0) is 42.5 Å². The summed E-state index contributed by atoms with van der Waals surface area (Å²) < 4.78 is 11.7. The molecule has 0 saturated carbocycles. The van der Waals surface area contributed by atoms with Gasteiger partial charge in [-0.2, -0.15) is 0 Å². The highest BCUT2D eigenvalue weighted by Crippen LogP contribution is 2.36. The lowest BCUT2D eigenvalue weighted by atomic mass is 9.97. The Hall–Kier alpha value is -2.92. The van der Waals surface area contributed by atoms with E-state index < -0.39 is 0 Å². The predicted octanol–water partition coefficient (Wildman–Crippen LogP) is 5.89. The maximum atomic E-state index is 12.9. The summed E-state index contributed by atoms with van der Waals surface area (Å²) in [6, 6.07) is 23.2. The normalized spacial score (nSPS) is 14.7. The van der Waals surface area contributed by atoms with Gasteiger partial charge in [0.05, 0.1) is 18.9 Å². The van der Waals surface area contributed by atoms with Crippen LogP contribution in [0.5, 0.6) is 11.5 Å². The quantitative estimate of drug-likeness (QED) is 0.588. The Morgan fingerprint density at radius 1 is 0.897 bits per heavy atom. The summed E-state index contributed by atoms with van der Waals surface area (Å²) >= 11 is 1.62. The SMILES string of the molecule is CC1(C)COc2ccc(C(=O)Nc3ccccc3Sc3ccccc3)cc2OC1. The molecule has 0 radical (unpaired) electrons. The molecule has 4 nitrogen and oxygen atoms in total. The average molecular weight is 406 g/mol. The van der Waals surface area contributed by atoms with Crippen LogP contribution in [0.4, 0.5) is 5.69 Å². The van der Waals surface area contributed by atoms with Crippen LogP contribution in [-0.4, -0.2) is 19.1 Å². The van der Waals surface area contributed by atoms with Crippen LogP contribution in [0.25, 0.3) is 0 Å². The van der Waals surface area contributed by atoms with Gasteiger partial charge in [0.25, 0.3) is 5.91 Å². The molecular formula is C24H23NO3S. The Bertz CT molecular complexity index is 1020. The molecule has 4 rings (SSSR count). The number of para-hydroxylation sites is 1. The van der Waals surface area contributed by atoms with E-state index in [-0.39, 0.29) is 11.3 Å². The number of amides is 1. The fourth-order valence-corrected chi connectivity index (χ4v) is 3.86. The molecule has 148 valence electrons. The van der Waals surface area contributed by atoms with Gasteiger partial charge in [0.2, 0.25) is 0 Å². The van der Waals surface area contributed by atoms with Crippen molar-refractivity contribution in [1.29, 1.82) is 0 Å². The molecule has 1 aliphatic rings. The molecule has 0 fully saturated rings. The molecule has 29 heavy (non-hydrogen) atoms. The standard InChI is InChI=1S/C24H23NO3S/c1-24(2)15-27-20-13-12-17(14-21(20)28-16-24)23(26)25-19-10-6-7-11-22(19)29-18-8-4-3-5-9-18/h3-14H,15-16H2,1-2H3,(H,25,26). The van der Waals surface area contributed by atoms with Gasteiger partial charge in [0.1, 0.15) is 0 Å². The summed E-state index contributed by atoms with van der Waals surface area (Å²) in [4.78, 5) is 15.0. The van der Waals surface area contributed by atoms with E-state index in [1.807, 2.05) is 42.5 Å². The smallest absolute Gasteiger partial charge is 0.255 e. The molecule has 3 aromatic carbocycles. The number of benzene rings is 3. The van der Waals surface area contributed by atoms with Gasteiger partial charge in [0, 0.05) is 20.8 Å². The van der Waals surface area contributed by atoms with Gasteiger partial charge in [-0.15, -0.1) is 0 Å². The zero-order valence-corrected chi connectivity index (χ0v) is 17.3. The molecule has 1 heterocycles. The second-order valence-corrected chi connectivity index (χ2v) is 8.88. The number of ether oxygens (including phenoxy) is 2. The number of carbonyl (C=O) groups excluding carboxylic acids is 1. The van der Waals surface area contributed by atoms with Crippen molar-refractivity contribution in [2.24, 2.45) is 5.41 Å². The first-order chi connectivity index (χ1) is 14.0. The Labute approximate surface area is 175 Å². The maximum absolute atomic E-state index is 12.9. The largest absolute Gasteiger partial charge is 0.489 e. The lowest BCUT2D eigenvalue weighted by molar-refractivity contribution is 0.102. The van der Waals surface area contributed by atoms with Crippen molar-refractivity contribution in [2.45, 2.75) is 23.6 Å². The Morgan fingerprint density at radius 2 is 1.59 bits per heavy atom. The van der Waals surface area contributed by atoms with Crippen molar-refractivity contribution in [3.63, 3.8) is 0 Å². The molecule has 0 bridgehead atoms. The molecule has 0 saturated heterocycles. The fourth-order valence-electron chi connectivity index (χ4n) is 2.94. The molecule has 0 aromatic heterocycles. The summed E-state index contributed by atoms with van der Waals surface area (Å²) in [5, 5.41) is 3.03. The molecule has 1 aliphatic heterocycles. The number of anilines is 1. The van der Waals surface area contributed by atoms with Crippen LogP contribution in [0.15, 0.2) is 82.6 Å². The van der Waals surface area contributed by atoms with Gasteiger partial charge in [-0.25, -0.2) is 0 Å². The van der Waals surface area contributed by atoms with Crippen LogP contribution in [0.1, 0.15) is 24.2 Å². The number of rotatable bonds is 4. The van der Waals surface area contributed by atoms with Crippen LogP contribution in [0.2, 0.25) is 0 Å². The van der Waals surface area contributed by atoms with E-state index >= 15 is 0 Å². The summed E-state index contributed by atoms with van der Waals surface area (Å²) in [5.74, 6) is 1.10. The third-order valence-electron chi connectivity index (χ3n) is 4.55. The average Bonchev–Trinajstić information content (AvgIpc) is 2.88. The minimum absolute atomic E-state index is 0.0744. The van der Waals surface area contributed by atoms with Crippen LogP contribution < -0.4 is 14.8 Å². The van der Waals surface area contributed by atoms with E-state index in [1.165, 1.54) is 0 Å². The number of fused-ring (bicyclic) bond motifs is 1. The molecule has 1 amide bonds. The molecule has 0 aliphatic carbocycles. The Kier molecular flexibility index (Phi) is 5.49. The highest BCUT2D eigenvalue weighted by Gasteiger charge is 2.25. The molecule has 5 heteroatoms. The monoisotopic (exact) mass is 405 g/mol. The second kappa shape index (κ2) is 8.21. The molecule has 0 unspecified atom stereocenters. The molecule has 1 N–H and O–H groups in total. The molecule has 0 spiro atoms. The topological polar surface area (TPSA) is 47.6 Å². The summed E-state index contributed by atoms with van der Waals surface area (Å²) in [6.45, 7) is 5.30. The van der Waals surface area contributed by atoms with E-state index in [0.29, 0.717) is 30.3 Å². The zero-order valence-electron chi connectivity index (χ0n) is 16.5. The Balaban J connectivity index is 1.53. The lowest BCUT2D eigenvalue weighted by Gasteiger charge is -2.19. The molecule has 3 aromatic rings. The fraction of sp³-hybridized carbons (Fsp3) is 0.208. The van der Waals surface area contributed by atoms with Crippen molar-refractivity contribution in [2.75, 3.05) is 18.5 Å². The minimum Gasteiger partial charge on any atom is -0.489 e. The van der Waals surface area contributed by atoms with Crippen LogP contribution >= 0.6 is 11.8 Å². The van der Waals surface area contributed by atoms with Crippen molar-refractivity contribution in [3.8, 4) is 11.5 Å². The molecule has 0 atom stereocenters. The van der Waals surface area contributed by atoms with Gasteiger partial charge >= 0.3 is 0 Å². The van der Waals surface area contributed by atoms with E-state index in [2.05, 4.69) is 31.3 Å². The van der Waals surface area contributed by atoms with Crippen molar-refractivity contribution >= 4 is 23.4 Å². The van der Waals surface area contributed by atoms with E-state index in [0.717, 1.165) is 15.5 Å². The van der Waals surface area contributed by atoms with E-state index in [4.69, 9.17) is 9.47 Å². The van der Waals surface area contributed by atoms with E-state index in [1.54, 1.807) is 30.0 Å². The van der Waals surface area contributed by atoms with Gasteiger partial charge in [-0.1, -0.05) is 55.9 Å². The number of carbonyl (C=O) groups is 1. The highest BCUT2D eigenvalue weighted by atomic mass is 32.2. The summed E-state index contributed by atoms with van der Waals surface area (Å²) in [5.41, 5.74) is 1.24. The summed E-state index contributed by atoms with van der Waals surface area (Å²) in [7, 11) is 0. The number of nitrogens with one attached hydrogen (secondary N) is 1. The Morgan fingerprint density at radius 3 is 2.38 bits per heavy atom. The van der Waals surface area contributed by atoms with Crippen molar-refractivity contribution in [3.05, 3.63) is 78.4 Å². The molecular weight excluding hydrogens is 382 g/mol. The number of hydrogen-bond acceptors (Lipinski definition) is 4. The highest BCUT2D eigenvalue weighted by molar-refractivity contribution is 7.99.